The Hall–Kier alpha value is -0.990. The number of rotatable bonds is 3. The maximum atomic E-state index is 12.1. The molecule has 16 heavy (non-hydrogen) atoms. The molecular formula is C13H22N2O. The predicted molar refractivity (Wildman–Crippen MR) is 65.8 cm³/mol. The lowest BCUT2D eigenvalue weighted by Crippen LogP contribution is -2.20. The van der Waals surface area contributed by atoms with Crippen LogP contribution in [0.2, 0.25) is 0 Å². The molecule has 1 aliphatic rings. The second kappa shape index (κ2) is 4.89. The Kier molecular flexibility index (Phi) is 3.52. The molecule has 1 aromatic heterocycles. The van der Waals surface area contributed by atoms with Gasteiger partial charge in [-0.05, 0) is 38.0 Å². The van der Waals surface area contributed by atoms with Crippen molar-refractivity contribution in [2.75, 3.05) is 0 Å². The number of fused-ring (bicyclic) bond motifs is 1. The maximum Gasteiger partial charge on any atom is 0.269 e. The Morgan fingerprint density at radius 3 is 2.75 bits per heavy atom. The van der Waals surface area contributed by atoms with E-state index in [0.29, 0.717) is 5.92 Å². The molecule has 1 aromatic rings. The average molecular weight is 222 g/mol. The Morgan fingerprint density at radius 1 is 1.25 bits per heavy atom. The summed E-state index contributed by atoms with van der Waals surface area (Å²) in [7, 11) is 0. The van der Waals surface area contributed by atoms with Gasteiger partial charge in [0.25, 0.3) is 5.56 Å². The van der Waals surface area contributed by atoms with E-state index in [1.54, 1.807) is 0 Å². The third kappa shape index (κ3) is 2.39. The fourth-order valence-corrected chi connectivity index (χ4v) is 2.36. The van der Waals surface area contributed by atoms with E-state index in [1.165, 1.54) is 25.0 Å². The van der Waals surface area contributed by atoms with Crippen molar-refractivity contribution in [1.82, 2.24) is 9.78 Å². The van der Waals surface area contributed by atoms with Crippen molar-refractivity contribution in [3.05, 3.63) is 21.6 Å². The molecule has 0 saturated heterocycles. The molecule has 1 aliphatic carbocycles. The fraction of sp³-hybridized carbons (Fsp3) is 0.769. The zero-order valence-corrected chi connectivity index (χ0v) is 10.4. The number of aryl methyl sites for hydroxylation is 2. The van der Waals surface area contributed by atoms with Gasteiger partial charge < -0.3 is 0 Å². The van der Waals surface area contributed by atoms with Gasteiger partial charge in [0.2, 0.25) is 0 Å². The van der Waals surface area contributed by atoms with E-state index in [1.807, 2.05) is 4.68 Å². The van der Waals surface area contributed by atoms with Gasteiger partial charge in [0.15, 0.2) is 0 Å². The van der Waals surface area contributed by atoms with Crippen molar-refractivity contribution in [2.45, 2.75) is 58.9 Å². The van der Waals surface area contributed by atoms with Crippen LogP contribution in [0.25, 0.3) is 0 Å². The third-order valence-electron chi connectivity index (χ3n) is 3.42. The third-order valence-corrected chi connectivity index (χ3v) is 3.42. The van der Waals surface area contributed by atoms with E-state index >= 15 is 0 Å². The van der Waals surface area contributed by atoms with E-state index in [2.05, 4.69) is 18.9 Å². The molecule has 0 amide bonds. The Morgan fingerprint density at radius 2 is 2.00 bits per heavy atom. The van der Waals surface area contributed by atoms with Crippen molar-refractivity contribution in [3.8, 4) is 0 Å². The summed E-state index contributed by atoms with van der Waals surface area (Å²) in [6.07, 6.45) is 6.74. The molecule has 0 spiro atoms. The lowest BCUT2D eigenvalue weighted by molar-refractivity contribution is 0.475. The number of hydrogen-bond acceptors (Lipinski definition) is 1. The highest BCUT2D eigenvalue weighted by Crippen LogP contribution is 2.16. The second-order valence-corrected chi connectivity index (χ2v) is 5.27. The van der Waals surface area contributed by atoms with Crippen LogP contribution < -0.4 is 5.56 Å². The van der Waals surface area contributed by atoms with Gasteiger partial charge in [-0.3, -0.25) is 14.6 Å². The molecule has 0 aromatic carbocycles. The summed E-state index contributed by atoms with van der Waals surface area (Å²) in [4.78, 5) is 12.1. The van der Waals surface area contributed by atoms with Crippen molar-refractivity contribution in [1.29, 1.82) is 0 Å². The van der Waals surface area contributed by atoms with Crippen LogP contribution >= 0.6 is 0 Å². The molecule has 2 rings (SSSR count). The number of nitrogens with zero attached hydrogens (tertiary/aromatic N) is 1. The van der Waals surface area contributed by atoms with Crippen LogP contribution in [0.15, 0.2) is 4.79 Å². The van der Waals surface area contributed by atoms with Gasteiger partial charge in [0.1, 0.15) is 0 Å². The Bertz CT molecular complexity index is 401. The molecule has 0 radical (unpaired) electrons. The van der Waals surface area contributed by atoms with Crippen molar-refractivity contribution in [3.63, 3.8) is 0 Å². The number of nitrogens with one attached hydrogen (secondary N) is 1. The van der Waals surface area contributed by atoms with E-state index < -0.39 is 0 Å². The van der Waals surface area contributed by atoms with Crippen molar-refractivity contribution in [2.24, 2.45) is 5.92 Å². The van der Waals surface area contributed by atoms with Gasteiger partial charge in [-0.15, -0.1) is 0 Å². The molecule has 0 fully saturated rings. The minimum absolute atomic E-state index is 0.234. The minimum atomic E-state index is 0.234. The van der Waals surface area contributed by atoms with Crippen LogP contribution in [-0.4, -0.2) is 9.78 Å². The number of H-pyrrole nitrogens is 1. The highest BCUT2D eigenvalue weighted by Gasteiger charge is 2.16. The largest absolute Gasteiger partial charge is 0.299 e. The topological polar surface area (TPSA) is 37.8 Å². The zero-order valence-electron chi connectivity index (χ0n) is 10.4. The Labute approximate surface area is 96.8 Å². The molecule has 3 heteroatoms. The molecule has 3 nitrogen and oxygen atoms in total. The van der Waals surface area contributed by atoms with Gasteiger partial charge in [-0.2, -0.15) is 0 Å². The van der Waals surface area contributed by atoms with Crippen LogP contribution in [0, 0.1) is 5.92 Å². The predicted octanol–water partition coefficient (Wildman–Crippen LogP) is 2.49. The molecule has 1 N–H and O–H groups in total. The van der Waals surface area contributed by atoms with Crippen molar-refractivity contribution >= 4 is 0 Å². The number of hydrogen-bond donors (Lipinski definition) is 1. The molecule has 0 aliphatic heterocycles. The van der Waals surface area contributed by atoms with Crippen LogP contribution in [-0.2, 0) is 19.4 Å². The first-order chi connectivity index (χ1) is 7.68. The monoisotopic (exact) mass is 222 g/mol. The highest BCUT2D eigenvalue weighted by molar-refractivity contribution is 5.18. The van der Waals surface area contributed by atoms with Gasteiger partial charge in [0, 0.05) is 17.8 Å². The standard InChI is InChI=1S/C13H22N2O/c1-10(2)8-9-15-13(16)11-6-4-3-5-7-12(11)14-15/h10,14H,3-9H2,1-2H3. The van der Waals surface area contributed by atoms with E-state index in [4.69, 9.17) is 0 Å². The molecule has 0 atom stereocenters. The van der Waals surface area contributed by atoms with Gasteiger partial charge in [-0.1, -0.05) is 20.3 Å². The first-order valence-electron chi connectivity index (χ1n) is 6.49. The Balaban J connectivity index is 2.18. The van der Waals surface area contributed by atoms with Crippen molar-refractivity contribution < 1.29 is 0 Å². The molecule has 0 unspecified atom stereocenters. The molecule has 90 valence electrons. The highest BCUT2D eigenvalue weighted by atomic mass is 16.1. The summed E-state index contributed by atoms with van der Waals surface area (Å²) in [6, 6.07) is 0. The normalized spacial score (nSPS) is 16.2. The smallest absolute Gasteiger partial charge is 0.269 e. The fourth-order valence-electron chi connectivity index (χ4n) is 2.36. The van der Waals surface area contributed by atoms with Gasteiger partial charge >= 0.3 is 0 Å². The minimum Gasteiger partial charge on any atom is -0.299 e. The summed E-state index contributed by atoms with van der Waals surface area (Å²) in [6.45, 7) is 5.22. The lowest BCUT2D eigenvalue weighted by Gasteiger charge is -2.04. The average Bonchev–Trinajstić information content (AvgIpc) is 2.43. The summed E-state index contributed by atoms with van der Waals surface area (Å²) < 4.78 is 1.82. The van der Waals surface area contributed by atoms with E-state index in [-0.39, 0.29) is 5.56 Å². The van der Waals surface area contributed by atoms with Crippen LogP contribution in [0.3, 0.4) is 0 Å². The number of aromatic amines is 1. The van der Waals surface area contributed by atoms with E-state index in [9.17, 15) is 4.79 Å². The van der Waals surface area contributed by atoms with Crippen LogP contribution in [0.4, 0.5) is 0 Å². The summed E-state index contributed by atoms with van der Waals surface area (Å²) >= 11 is 0. The summed E-state index contributed by atoms with van der Waals surface area (Å²) in [5, 5.41) is 3.30. The second-order valence-electron chi connectivity index (χ2n) is 5.27. The van der Waals surface area contributed by atoms with Crippen LogP contribution in [0.5, 0.6) is 0 Å². The van der Waals surface area contributed by atoms with Gasteiger partial charge in [-0.25, -0.2) is 0 Å². The maximum absolute atomic E-state index is 12.1. The number of aromatic nitrogens is 2. The van der Waals surface area contributed by atoms with Gasteiger partial charge in [0.05, 0.1) is 0 Å². The lowest BCUT2D eigenvalue weighted by atomic mass is 10.1. The zero-order chi connectivity index (χ0) is 11.5. The summed E-state index contributed by atoms with van der Waals surface area (Å²) in [5.41, 5.74) is 2.49. The van der Waals surface area contributed by atoms with Crippen LogP contribution in [0.1, 0.15) is 50.8 Å². The SMILES string of the molecule is CC(C)CCn1[nH]c2c(c1=O)CCCCC2. The molecule has 0 saturated carbocycles. The molecular weight excluding hydrogens is 200 g/mol. The van der Waals surface area contributed by atoms with E-state index in [0.717, 1.165) is 31.4 Å². The first-order valence-corrected chi connectivity index (χ1v) is 6.49. The summed E-state index contributed by atoms with van der Waals surface area (Å²) in [5.74, 6) is 0.648. The first kappa shape index (κ1) is 11.5. The molecule has 1 heterocycles. The quantitative estimate of drug-likeness (QED) is 0.784. The molecule has 0 bridgehead atoms.